The maximum atomic E-state index is 11.5. The highest BCUT2D eigenvalue weighted by Crippen LogP contribution is 2.18. The third-order valence-electron chi connectivity index (χ3n) is 2.39. The van der Waals surface area contributed by atoms with Crippen LogP contribution in [0.4, 0.5) is 0 Å². The fourth-order valence-corrected chi connectivity index (χ4v) is 1.58. The second-order valence-corrected chi connectivity index (χ2v) is 3.58. The van der Waals surface area contributed by atoms with Crippen molar-refractivity contribution in [1.82, 2.24) is 0 Å². The Morgan fingerprint density at radius 3 is 3.00 bits per heavy atom. The molecule has 15 heavy (non-hydrogen) atoms. The molecule has 1 aliphatic rings. The third kappa shape index (κ3) is 2.39. The van der Waals surface area contributed by atoms with Gasteiger partial charge in [-0.15, -0.1) is 0 Å². The van der Waals surface area contributed by atoms with Gasteiger partial charge >= 0.3 is 0 Å². The van der Waals surface area contributed by atoms with E-state index >= 15 is 0 Å². The van der Waals surface area contributed by atoms with E-state index in [0.29, 0.717) is 12.4 Å². The maximum Gasteiger partial charge on any atom is 0.227 e. The zero-order valence-electron chi connectivity index (χ0n) is 8.69. The summed E-state index contributed by atoms with van der Waals surface area (Å²) in [7, 11) is 0. The molecule has 2 heterocycles. The summed E-state index contributed by atoms with van der Waals surface area (Å²) in [5.41, 5.74) is -0.159. The molecular weight excluding hydrogens is 196 g/mol. The minimum absolute atomic E-state index is 0.159. The normalized spacial score (nSPS) is 21.3. The lowest BCUT2D eigenvalue weighted by Crippen LogP contribution is -2.27. The number of aryl methyl sites for hydroxylation is 1. The minimum atomic E-state index is -0.303. The standard InChI is InChI=1S/C11H14O4/c1-8-11(9(12)5-7-13-8)15-10-4-2-3-6-14-10/h5,7,10H,2-4,6H2,1H3. The fraction of sp³-hybridized carbons (Fsp3) is 0.545. The van der Waals surface area contributed by atoms with Gasteiger partial charge in [-0.3, -0.25) is 4.79 Å². The van der Waals surface area contributed by atoms with E-state index in [9.17, 15) is 4.79 Å². The van der Waals surface area contributed by atoms with Gasteiger partial charge in [0.1, 0.15) is 5.76 Å². The van der Waals surface area contributed by atoms with Crippen LogP contribution in [0.2, 0.25) is 0 Å². The van der Waals surface area contributed by atoms with Crippen molar-refractivity contribution >= 4 is 0 Å². The van der Waals surface area contributed by atoms with E-state index in [1.165, 1.54) is 12.3 Å². The van der Waals surface area contributed by atoms with E-state index in [1.807, 2.05) is 0 Å². The van der Waals surface area contributed by atoms with Crippen molar-refractivity contribution in [3.8, 4) is 5.75 Å². The van der Waals surface area contributed by atoms with Gasteiger partial charge in [-0.05, 0) is 19.8 Å². The Morgan fingerprint density at radius 2 is 2.33 bits per heavy atom. The highest BCUT2D eigenvalue weighted by Gasteiger charge is 2.18. The molecule has 4 heteroatoms. The highest BCUT2D eigenvalue weighted by molar-refractivity contribution is 5.23. The van der Waals surface area contributed by atoms with Crippen LogP contribution in [0.5, 0.6) is 5.75 Å². The molecule has 0 aromatic carbocycles. The van der Waals surface area contributed by atoms with Gasteiger partial charge in [0, 0.05) is 12.5 Å². The van der Waals surface area contributed by atoms with E-state index in [0.717, 1.165) is 19.3 Å². The molecule has 2 rings (SSSR count). The topological polar surface area (TPSA) is 48.7 Å². The van der Waals surface area contributed by atoms with Crippen LogP contribution >= 0.6 is 0 Å². The zero-order chi connectivity index (χ0) is 10.7. The summed E-state index contributed by atoms with van der Waals surface area (Å²) in [6.45, 7) is 2.40. The van der Waals surface area contributed by atoms with Gasteiger partial charge in [-0.25, -0.2) is 0 Å². The molecule has 1 fully saturated rings. The zero-order valence-corrected chi connectivity index (χ0v) is 8.69. The summed E-state index contributed by atoms with van der Waals surface area (Å²) in [5, 5.41) is 0. The quantitative estimate of drug-likeness (QED) is 0.747. The Kier molecular flexibility index (Phi) is 3.06. The molecule has 4 nitrogen and oxygen atoms in total. The van der Waals surface area contributed by atoms with E-state index in [-0.39, 0.29) is 17.5 Å². The Labute approximate surface area is 87.8 Å². The van der Waals surface area contributed by atoms with Crippen molar-refractivity contribution in [2.24, 2.45) is 0 Å². The second-order valence-electron chi connectivity index (χ2n) is 3.58. The Balaban J connectivity index is 2.12. The molecule has 0 saturated carbocycles. The van der Waals surface area contributed by atoms with E-state index in [1.54, 1.807) is 6.92 Å². The van der Waals surface area contributed by atoms with Crippen LogP contribution in [0.25, 0.3) is 0 Å². The van der Waals surface area contributed by atoms with Crippen molar-refractivity contribution in [3.63, 3.8) is 0 Å². The number of rotatable bonds is 2. The lowest BCUT2D eigenvalue weighted by atomic mass is 10.2. The lowest BCUT2D eigenvalue weighted by Gasteiger charge is -2.23. The average Bonchev–Trinajstić information content (AvgIpc) is 2.25. The molecule has 1 unspecified atom stereocenters. The van der Waals surface area contributed by atoms with E-state index in [4.69, 9.17) is 13.9 Å². The Morgan fingerprint density at radius 1 is 1.47 bits per heavy atom. The molecule has 0 bridgehead atoms. The first-order valence-electron chi connectivity index (χ1n) is 5.14. The fourth-order valence-electron chi connectivity index (χ4n) is 1.58. The molecule has 1 aromatic rings. The van der Waals surface area contributed by atoms with Crippen LogP contribution in [-0.2, 0) is 4.74 Å². The smallest absolute Gasteiger partial charge is 0.227 e. The van der Waals surface area contributed by atoms with Crippen LogP contribution in [0.15, 0.2) is 21.5 Å². The van der Waals surface area contributed by atoms with Crippen molar-refractivity contribution in [2.75, 3.05) is 6.61 Å². The van der Waals surface area contributed by atoms with Gasteiger partial charge in [0.25, 0.3) is 0 Å². The SMILES string of the molecule is Cc1occc(=O)c1OC1CCCCO1. The molecule has 1 aromatic heterocycles. The molecule has 0 amide bonds. The summed E-state index contributed by atoms with van der Waals surface area (Å²) in [6.07, 6.45) is 4.02. The number of ether oxygens (including phenoxy) is 2. The van der Waals surface area contributed by atoms with Gasteiger partial charge in [0.05, 0.1) is 12.9 Å². The molecule has 1 saturated heterocycles. The average molecular weight is 210 g/mol. The summed E-state index contributed by atoms with van der Waals surface area (Å²) in [4.78, 5) is 11.5. The van der Waals surface area contributed by atoms with Gasteiger partial charge in [0.2, 0.25) is 11.2 Å². The molecule has 1 aliphatic heterocycles. The summed E-state index contributed by atoms with van der Waals surface area (Å²) in [6, 6.07) is 1.35. The molecule has 82 valence electrons. The third-order valence-corrected chi connectivity index (χ3v) is 2.39. The van der Waals surface area contributed by atoms with Crippen LogP contribution in [0.3, 0.4) is 0 Å². The molecule has 0 spiro atoms. The van der Waals surface area contributed by atoms with Crippen molar-refractivity contribution < 1.29 is 13.9 Å². The van der Waals surface area contributed by atoms with Crippen molar-refractivity contribution in [2.45, 2.75) is 32.5 Å². The Hall–Kier alpha value is -1.29. The summed E-state index contributed by atoms with van der Waals surface area (Å²) >= 11 is 0. The summed E-state index contributed by atoms with van der Waals surface area (Å²) < 4.78 is 16.0. The van der Waals surface area contributed by atoms with Crippen LogP contribution in [-0.4, -0.2) is 12.9 Å². The first-order valence-corrected chi connectivity index (χ1v) is 5.14. The predicted molar refractivity (Wildman–Crippen MR) is 53.9 cm³/mol. The van der Waals surface area contributed by atoms with Crippen molar-refractivity contribution in [3.05, 3.63) is 28.3 Å². The molecule has 1 atom stereocenters. The first-order chi connectivity index (χ1) is 7.27. The van der Waals surface area contributed by atoms with Crippen molar-refractivity contribution in [1.29, 1.82) is 0 Å². The van der Waals surface area contributed by atoms with Gasteiger partial charge < -0.3 is 13.9 Å². The number of hydrogen-bond donors (Lipinski definition) is 0. The summed E-state index contributed by atoms with van der Waals surface area (Å²) in [5.74, 6) is 0.765. The van der Waals surface area contributed by atoms with Crippen LogP contribution in [0, 0.1) is 6.92 Å². The highest BCUT2D eigenvalue weighted by atomic mass is 16.7. The molecule has 0 radical (unpaired) electrons. The lowest BCUT2D eigenvalue weighted by molar-refractivity contribution is -0.107. The van der Waals surface area contributed by atoms with Crippen LogP contribution < -0.4 is 10.2 Å². The Bertz CT molecular complexity index is 376. The first kappa shape index (κ1) is 10.2. The monoisotopic (exact) mass is 210 g/mol. The van der Waals surface area contributed by atoms with Crippen LogP contribution in [0.1, 0.15) is 25.0 Å². The molecule has 0 N–H and O–H groups in total. The number of hydrogen-bond acceptors (Lipinski definition) is 4. The predicted octanol–water partition coefficient (Wildman–Crippen LogP) is 1.85. The molecular formula is C11H14O4. The van der Waals surface area contributed by atoms with Gasteiger partial charge in [0.15, 0.2) is 6.29 Å². The second kappa shape index (κ2) is 4.49. The van der Waals surface area contributed by atoms with E-state index < -0.39 is 0 Å². The minimum Gasteiger partial charge on any atom is -0.465 e. The largest absolute Gasteiger partial charge is 0.465 e. The van der Waals surface area contributed by atoms with Gasteiger partial charge in [-0.1, -0.05) is 0 Å². The molecule has 0 aliphatic carbocycles. The van der Waals surface area contributed by atoms with E-state index in [2.05, 4.69) is 0 Å². The maximum absolute atomic E-state index is 11.5. The van der Waals surface area contributed by atoms with Gasteiger partial charge in [-0.2, -0.15) is 0 Å².